The molecule has 5 nitrogen and oxygen atoms in total. The van der Waals surface area contributed by atoms with Crippen molar-refractivity contribution in [2.24, 2.45) is 0 Å². The lowest BCUT2D eigenvalue weighted by atomic mass is 10.2. The van der Waals surface area contributed by atoms with Gasteiger partial charge in [0.1, 0.15) is 16.4 Å². The average Bonchev–Trinajstić information content (AvgIpc) is 3.32. The van der Waals surface area contributed by atoms with E-state index in [-0.39, 0.29) is 5.91 Å². The number of thiazole rings is 1. The number of methoxy groups -OCH3 is 2. The Bertz CT molecular complexity index is 1150. The topological polar surface area (TPSA) is 60.5 Å². The number of fused-ring (bicyclic) bond motifs is 1. The van der Waals surface area contributed by atoms with Gasteiger partial charge < -0.3 is 9.47 Å². The molecule has 0 aliphatic heterocycles. The first-order valence-electron chi connectivity index (χ1n) is 8.26. The van der Waals surface area contributed by atoms with Crippen LogP contribution in [0.4, 0.5) is 5.13 Å². The maximum Gasteiger partial charge on any atom is 0.269 e. The summed E-state index contributed by atoms with van der Waals surface area (Å²) in [7, 11) is 3.23. The van der Waals surface area contributed by atoms with E-state index in [2.05, 4.69) is 10.3 Å². The Labute approximate surface area is 174 Å². The molecule has 4 rings (SSSR count). The summed E-state index contributed by atoms with van der Waals surface area (Å²) < 4.78 is 11.3. The van der Waals surface area contributed by atoms with Crippen molar-refractivity contribution >= 4 is 55.4 Å². The highest BCUT2D eigenvalue weighted by Crippen LogP contribution is 2.38. The molecule has 2 aromatic heterocycles. The van der Waals surface area contributed by atoms with Gasteiger partial charge in [0.2, 0.25) is 0 Å². The average molecular weight is 431 g/mol. The molecule has 0 saturated carbocycles. The normalized spacial score (nSPS) is 10.8. The maximum absolute atomic E-state index is 12.7. The number of anilines is 1. The third-order valence-corrected chi connectivity index (χ3v) is 6.57. The van der Waals surface area contributed by atoms with Crippen molar-refractivity contribution in [2.75, 3.05) is 19.5 Å². The second-order valence-corrected chi connectivity index (χ2v) is 8.12. The van der Waals surface area contributed by atoms with Crippen LogP contribution in [0.2, 0.25) is 5.02 Å². The molecular formula is C20H15ClN2O3S2. The highest BCUT2D eigenvalue weighted by atomic mass is 35.5. The minimum absolute atomic E-state index is 0.277. The van der Waals surface area contributed by atoms with Gasteiger partial charge in [0.25, 0.3) is 5.91 Å². The van der Waals surface area contributed by atoms with Crippen LogP contribution in [0.1, 0.15) is 9.67 Å². The van der Waals surface area contributed by atoms with E-state index < -0.39 is 0 Å². The second-order valence-electron chi connectivity index (χ2n) is 5.83. The van der Waals surface area contributed by atoms with E-state index in [1.165, 1.54) is 22.7 Å². The lowest BCUT2D eigenvalue weighted by molar-refractivity contribution is 0.103. The molecular weight excluding hydrogens is 416 g/mol. The van der Waals surface area contributed by atoms with Crippen molar-refractivity contribution in [2.45, 2.75) is 0 Å². The monoisotopic (exact) mass is 430 g/mol. The number of benzene rings is 2. The van der Waals surface area contributed by atoms with E-state index in [4.69, 9.17) is 21.1 Å². The van der Waals surface area contributed by atoms with Crippen molar-refractivity contribution in [1.29, 1.82) is 0 Å². The number of hydrogen-bond acceptors (Lipinski definition) is 6. The minimum atomic E-state index is -0.277. The first-order valence-corrected chi connectivity index (χ1v) is 10.3. The number of ether oxygens (including phenoxy) is 2. The minimum Gasteiger partial charge on any atom is -0.497 e. The summed E-state index contributed by atoms with van der Waals surface area (Å²) in [6.07, 6.45) is 0. The van der Waals surface area contributed by atoms with Crippen LogP contribution in [0, 0.1) is 0 Å². The zero-order valence-electron chi connectivity index (χ0n) is 15.0. The van der Waals surface area contributed by atoms with Crippen LogP contribution in [-0.2, 0) is 0 Å². The van der Waals surface area contributed by atoms with Crippen molar-refractivity contribution in [3.63, 3.8) is 0 Å². The summed E-state index contributed by atoms with van der Waals surface area (Å²) in [5.41, 5.74) is 1.74. The molecule has 1 amide bonds. The first kappa shape index (κ1) is 18.7. The zero-order valence-corrected chi connectivity index (χ0v) is 17.4. The Morgan fingerprint density at radius 3 is 2.50 bits per heavy atom. The lowest BCUT2D eigenvalue weighted by Gasteiger charge is -2.01. The number of aromatic nitrogens is 1. The fraction of sp³-hybridized carbons (Fsp3) is 0.100. The molecule has 2 aromatic carbocycles. The maximum atomic E-state index is 12.7. The summed E-state index contributed by atoms with van der Waals surface area (Å²) in [5, 5.41) is 6.52. The number of carbonyl (C=O) groups is 1. The largest absolute Gasteiger partial charge is 0.497 e. The molecule has 0 unspecified atom stereocenters. The van der Waals surface area contributed by atoms with Crippen LogP contribution in [-0.4, -0.2) is 25.1 Å². The summed E-state index contributed by atoms with van der Waals surface area (Å²) in [4.78, 5) is 17.7. The van der Waals surface area contributed by atoms with Gasteiger partial charge in [-0.3, -0.25) is 10.1 Å². The summed E-state index contributed by atoms with van der Waals surface area (Å²) in [6.45, 7) is 0. The van der Waals surface area contributed by atoms with Crippen molar-refractivity contribution in [3.05, 3.63) is 57.7 Å². The Morgan fingerprint density at radius 2 is 1.79 bits per heavy atom. The van der Waals surface area contributed by atoms with E-state index in [1.54, 1.807) is 14.2 Å². The van der Waals surface area contributed by atoms with Gasteiger partial charge >= 0.3 is 0 Å². The third kappa shape index (κ3) is 3.56. The summed E-state index contributed by atoms with van der Waals surface area (Å²) >= 11 is 9.11. The van der Waals surface area contributed by atoms with Gasteiger partial charge in [0, 0.05) is 21.0 Å². The number of rotatable bonds is 5. The summed E-state index contributed by atoms with van der Waals surface area (Å²) in [5.74, 6) is 1.23. The molecule has 0 spiro atoms. The first-order chi connectivity index (χ1) is 13.6. The molecule has 0 saturated heterocycles. The van der Waals surface area contributed by atoms with Gasteiger partial charge in [-0.2, -0.15) is 0 Å². The molecule has 1 N–H and O–H groups in total. The number of halogens is 1. The Hall–Kier alpha value is -2.61. The standard InChI is InChI=1S/C20H15ClN2O3S2/c1-25-12-5-3-11(4-6-12)15-10-27-20(22-15)23-19(24)18-17(21)14-8-7-13(26-2)9-16(14)28-18/h3-10H,1-2H3,(H,22,23,24). The second kappa shape index (κ2) is 7.79. The van der Waals surface area contributed by atoms with E-state index in [9.17, 15) is 4.79 Å². The lowest BCUT2D eigenvalue weighted by Crippen LogP contribution is -2.10. The van der Waals surface area contributed by atoms with Gasteiger partial charge in [0.05, 0.1) is 24.9 Å². The molecule has 0 aliphatic rings. The van der Waals surface area contributed by atoms with Crippen molar-refractivity contribution < 1.29 is 14.3 Å². The molecule has 8 heteroatoms. The molecule has 0 atom stereocenters. The molecule has 142 valence electrons. The summed E-state index contributed by atoms with van der Waals surface area (Å²) in [6, 6.07) is 13.1. The van der Waals surface area contributed by atoms with Crippen LogP contribution < -0.4 is 14.8 Å². The predicted molar refractivity (Wildman–Crippen MR) is 115 cm³/mol. The highest BCUT2D eigenvalue weighted by Gasteiger charge is 2.19. The third-order valence-electron chi connectivity index (χ3n) is 4.15. The van der Waals surface area contributed by atoms with Crippen LogP contribution in [0.15, 0.2) is 47.8 Å². The smallest absolute Gasteiger partial charge is 0.269 e. The molecule has 0 fully saturated rings. The van der Waals surface area contributed by atoms with Gasteiger partial charge in [-0.05, 0) is 42.5 Å². The van der Waals surface area contributed by atoms with E-state index in [1.807, 2.05) is 47.8 Å². The van der Waals surface area contributed by atoms with Gasteiger partial charge in [0.15, 0.2) is 5.13 Å². The molecule has 28 heavy (non-hydrogen) atoms. The number of nitrogens with one attached hydrogen (secondary N) is 1. The SMILES string of the molecule is COc1ccc(-c2csc(NC(=O)c3sc4cc(OC)ccc4c3Cl)n2)cc1. The van der Waals surface area contributed by atoms with Gasteiger partial charge in [-0.25, -0.2) is 4.98 Å². The number of thiophene rings is 1. The van der Waals surface area contributed by atoms with E-state index in [0.717, 1.165) is 32.8 Å². The van der Waals surface area contributed by atoms with E-state index in [0.29, 0.717) is 15.0 Å². The molecule has 0 bridgehead atoms. The fourth-order valence-corrected chi connectivity index (χ4v) is 4.85. The van der Waals surface area contributed by atoms with Crippen molar-refractivity contribution in [1.82, 2.24) is 4.98 Å². The highest BCUT2D eigenvalue weighted by molar-refractivity contribution is 7.22. The molecule has 0 radical (unpaired) electrons. The number of amides is 1. The molecule has 0 aliphatic carbocycles. The van der Waals surface area contributed by atoms with Crippen LogP contribution in [0.5, 0.6) is 11.5 Å². The van der Waals surface area contributed by atoms with Crippen LogP contribution in [0.25, 0.3) is 21.3 Å². The number of hydrogen-bond donors (Lipinski definition) is 1. The van der Waals surface area contributed by atoms with Crippen molar-refractivity contribution in [3.8, 4) is 22.8 Å². The Morgan fingerprint density at radius 1 is 1.07 bits per heavy atom. The number of nitrogens with zero attached hydrogens (tertiary/aromatic N) is 1. The molecule has 2 heterocycles. The zero-order chi connectivity index (χ0) is 19.7. The fourth-order valence-electron chi connectivity index (χ4n) is 2.70. The number of carbonyl (C=O) groups excluding carboxylic acids is 1. The predicted octanol–water partition coefficient (Wildman–Crippen LogP) is 5.95. The van der Waals surface area contributed by atoms with E-state index >= 15 is 0 Å². The Balaban J connectivity index is 1.56. The van der Waals surface area contributed by atoms with Gasteiger partial charge in [-0.1, -0.05) is 11.6 Å². The van der Waals surface area contributed by atoms with Crippen LogP contribution in [0.3, 0.4) is 0 Å². The van der Waals surface area contributed by atoms with Gasteiger partial charge in [-0.15, -0.1) is 22.7 Å². The van der Waals surface area contributed by atoms with Crippen LogP contribution >= 0.6 is 34.3 Å². The quantitative estimate of drug-likeness (QED) is 0.425. The molecule has 4 aromatic rings. The Kier molecular flexibility index (Phi) is 5.21.